The highest BCUT2D eigenvalue weighted by atomic mass is 32.2. The molecule has 1 saturated heterocycles. The molecule has 0 spiro atoms. The highest BCUT2D eigenvalue weighted by Crippen LogP contribution is 2.26. The highest BCUT2D eigenvalue weighted by molar-refractivity contribution is 7.87. The minimum Gasteiger partial charge on any atom is -0.479 e. The number of fused-ring (bicyclic) bond motifs is 1. The number of anilines is 1. The molecule has 1 aliphatic heterocycles. The molecule has 3 heterocycles. The van der Waals surface area contributed by atoms with Gasteiger partial charge in [-0.1, -0.05) is 0 Å². The van der Waals surface area contributed by atoms with Crippen LogP contribution in [0.2, 0.25) is 0 Å². The predicted molar refractivity (Wildman–Crippen MR) is 90.2 cm³/mol. The molecule has 0 aromatic carbocycles. The number of methoxy groups -OCH3 is 1. The van der Waals surface area contributed by atoms with Crippen molar-refractivity contribution in [3.8, 4) is 5.88 Å². The number of nitrogens with one attached hydrogen (secondary N) is 1. The number of hydrogen-bond donors (Lipinski definition) is 2. The van der Waals surface area contributed by atoms with E-state index in [-0.39, 0.29) is 0 Å². The molecule has 10 heteroatoms. The van der Waals surface area contributed by atoms with Crippen molar-refractivity contribution in [1.82, 2.24) is 19.1 Å². The Labute approximate surface area is 141 Å². The van der Waals surface area contributed by atoms with Crippen molar-refractivity contribution in [2.75, 3.05) is 31.6 Å². The van der Waals surface area contributed by atoms with E-state index in [1.165, 1.54) is 0 Å². The van der Waals surface area contributed by atoms with Gasteiger partial charge in [0.25, 0.3) is 10.2 Å². The first-order chi connectivity index (χ1) is 11.5. The summed E-state index contributed by atoms with van der Waals surface area (Å²) in [5.41, 5.74) is 0.891. The second-order valence-corrected chi connectivity index (χ2v) is 7.33. The number of aromatic nitrogens is 3. The smallest absolute Gasteiger partial charge is 0.274 e. The molecule has 3 N–H and O–H groups in total. The number of nitrogens with zero attached hydrogens (tertiary/aromatic N) is 4. The Balaban J connectivity index is 1.58. The first-order valence-corrected chi connectivity index (χ1v) is 9.40. The fraction of sp³-hybridized carbons (Fsp3) is 0.571. The van der Waals surface area contributed by atoms with Crippen molar-refractivity contribution < 1.29 is 13.2 Å². The van der Waals surface area contributed by atoms with Crippen LogP contribution < -0.4 is 19.5 Å². The van der Waals surface area contributed by atoms with Gasteiger partial charge in [0.05, 0.1) is 7.11 Å². The minimum absolute atomic E-state index is 0.390. The Bertz CT molecular complexity index is 798. The third-order valence-electron chi connectivity index (χ3n) is 4.36. The number of hydrogen-bond acceptors (Lipinski definition) is 6. The summed E-state index contributed by atoms with van der Waals surface area (Å²) in [4.78, 5) is 10.9. The second kappa shape index (κ2) is 6.91. The van der Waals surface area contributed by atoms with Crippen molar-refractivity contribution in [2.24, 2.45) is 11.1 Å². The summed E-state index contributed by atoms with van der Waals surface area (Å²) < 4.78 is 31.2. The topological polar surface area (TPSA) is 115 Å². The summed E-state index contributed by atoms with van der Waals surface area (Å²) in [7, 11) is -1.99. The molecule has 0 saturated carbocycles. The molecule has 2 aromatic rings. The molecule has 0 radical (unpaired) electrons. The monoisotopic (exact) mass is 354 g/mol. The number of rotatable bonds is 6. The molecule has 9 nitrogen and oxygen atoms in total. The first-order valence-electron chi connectivity index (χ1n) is 7.85. The zero-order chi connectivity index (χ0) is 17.2. The molecule has 0 unspecified atom stereocenters. The average molecular weight is 354 g/mol. The zero-order valence-corrected chi connectivity index (χ0v) is 14.4. The van der Waals surface area contributed by atoms with Crippen LogP contribution >= 0.6 is 0 Å². The van der Waals surface area contributed by atoms with E-state index in [1.807, 2.05) is 10.5 Å². The van der Waals surface area contributed by atoms with Crippen molar-refractivity contribution >= 4 is 21.5 Å². The highest BCUT2D eigenvalue weighted by Gasteiger charge is 2.21. The fourth-order valence-electron chi connectivity index (χ4n) is 3.05. The van der Waals surface area contributed by atoms with Gasteiger partial charge in [0.15, 0.2) is 0 Å². The van der Waals surface area contributed by atoms with Gasteiger partial charge in [-0.25, -0.2) is 19.8 Å². The summed E-state index contributed by atoms with van der Waals surface area (Å²) in [6, 6.07) is 1.98. The van der Waals surface area contributed by atoms with E-state index in [0.717, 1.165) is 43.7 Å². The number of imidazole rings is 1. The largest absolute Gasteiger partial charge is 0.479 e. The van der Waals surface area contributed by atoms with Crippen molar-refractivity contribution in [3.05, 3.63) is 18.7 Å². The van der Waals surface area contributed by atoms with Crippen LogP contribution in [0.1, 0.15) is 19.3 Å². The summed E-state index contributed by atoms with van der Waals surface area (Å²) in [5, 5.41) is 4.94. The van der Waals surface area contributed by atoms with Crippen molar-refractivity contribution in [2.45, 2.75) is 19.3 Å². The second-order valence-electron chi connectivity index (χ2n) is 5.95. The van der Waals surface area contributed by atoms with Gasteiger partial charge < -0.3 is 9.64 Å². The lowest BCUT2D eigenvalue weighted by Gasteiger charge is -2.32. The van der Waals surface area contributed by atoms with Crippen LogP contribution in [0.15, 0.2) is 18.7 Å². The lowest BCUT2D eigenvalue weighted by molar-refractivity contribution is 0.380. The van der Waals surface area contributed by atoms with Crippen LogP contribution in [0, 0.1) is 5.92 Å². The van der Waals surface area contributed by atoms with Gasteiger partial charge in [-0.05, 0) is 25.2 Å². The Kier molecular flexibility index (Phi) is 4.88. The van der Waals surface area contributed by atoms with Crippen LogP contribution in [0.5, 0.6) is 5.88 Å². The quantitative estimate of drug-likeness (QED) is 0.762. The molecule has 0 bridgehead atoms. The number of nitrogens with two attached hydrogens (primary N) is 1. The Morgan fingerprint density at radius 3 is 2.71 bits per heavy atom. The van der Waals surface area contributed by atoms with Gasteiger partial charge in [-0.3, -0.25) is 4.40 Å². The van der Waals surface area contributed by atoms with Crippen LogP contribution in [0.4, 0.5) is 5.82 Å². The lowest BCUT2D eigenvalue weighted by atomic mass is 9.94. The van der Waals surface area contributed by atoms with Gasteiger partial charge in [-0.15, -0.1) is 0 Å². The molecule has 24 heavy (non-hydrogen) atoms. The van der Waals surface area contributed by atoms with Crippen LogP contribution in [-0.4, -0.2) is 49.5 Å². The van der Waals surface area contributed by atoms with Crippen LogP contribution in [0.25, 0.3) is 5.52 Å². The van der Waals surface area contributed by atoms with E-state index in [9.17, 15) is 8.42 Å². The van der Waals surface area contributed by atoms with Gasteiger partial charge in [-0.2, -0.15) is 8.42 Å². The molecule has 2 aromatic heterocycles. The number of ether oxygens (including phenoxy) is 1. The minimum atomic E-state index is -3.59. The summed E-state index contributed by atoms with van der Waals surface area (Å²) in [5.74, 6) is 1.98. The summed E-state index contributed by atoms with van der Waals surface area (Å²) >= 11 is 0. The molecule has 0 amide bonds. The molecular weight excluding hydrogens is 332 g/mol. The normalized spacial score (nSPS) is 16.7. The average Bonchev–Trinajstić information content (AvgIpc) is 2.96. The number of piperidine rings is 1. The summed E-state index contributed by atoms with van der Waals surface area (Å²) in [6.07, 6.45) is 6.20. The third kappa shape index (κ3) is 3.94. The Morgan fingerprint density at radius 1 is 1.33 bits per heavy atom. The van der Waals surface area contributed by atoms with Gasteiger partial charge in [0, 0.05) is 25.7 Å². The fourth-order valence-corrected chi connectivity index (χ4v) is 3.45. The lowest BCUT2D eigenvalue weighted by Crippen LogP contribution is -2.36. The first kappa shape index (κ1) is 16.9. The molecule has 132 valence electrons. The zero-order valence-electron chi connectivity index (χ0n) is 13.6. The predicted octanol–water partition coefficient (Wildman–Crippen LogP) is 0.138. The van der Waals surface area contributed by atoms with Crippen LogP contribution in [-0.2, 0) is 10.2 Å². The standard InChI is InChI=1S/C14H22N6O3S/c1-23-14-12-8-13(16-9-20(12)10-17-14)19-6-3-11(4-7-19)2-5-18-24(15,21)22/h8-11,18H,2-7H2,1H3,(H2,15,21,22). The molecule has 0 atom stereocenters. The van der Waals surface area contributed by atoms with Crippen molar-refractivity contribution in [1.29, 1.82) is 0 Å². The molecule has 1 fully saturated rings. The maximum Gasteiger partial charge on any atom is 0.274 e. The van der Waals surface area contributed by atoms with Gasteiger partial charge in [0.2, 0.25) is 5.88 Å². The van der Waals surface area contributed by atoms with E-state index >= 15 is 0 Å². The maximum absolute atomic E-state index is 10.9. The summed E-state index contributed by atoms with van der Waals surface area (Å²) in [6.45, 7) is 2.17. The van der Waals surface area contributed by atoms with E-state index in [2.05, 4.69) is 19.6 Å². The SMILES string of the molecule is COc1ncn2cnc(N3CCC(CCNS(N)(=O)=O)CC3)cc12. The van der Waals surface area contributed by atoms with E-state index in [1.54, 1.807) is 19.8 Å². The Morgan fingerprint density at radius 2 is 2.04 bits per heavy atom. The Hall–Kier alpha value is -1.91. The van der Waals surface area contributed by atoms with E-state index in [4.69, 9.17) is 9.88 Å². The van der Waals surface area contributed by atoms with Gasteiger partial charge in [0.1, 0.15) is 24.0 Å². The molecule has 0 aliphatic carbocycles. The van der Waals surface area contributed by atoms with Crippen molar-refractivity contribution in [3.63, 3.8) is 0 Å². The van der Waals surface area contributed by atoms with E-state index < -0.39 is 10.2 Å². The van der Waals surface area contributed by atoms with Crippen LogP contribution in [0.3, 0.4) is 0 Å². The third-order valence-corrected chi connectivity index (χ3v) is 4.97. The maximum atomic E-state index is 10.9. The molecular formula is C14H22N6O3S. The molecule has 1 aliphatic rings. The van der Waals surface area contributed by atoms with E-state index in [0.29, 0.717) is 18.3 Å². The molecule has 3 rings (SSSR count). The van der Waals surface area contributed by atoms with Gasteiger partial charge >= 0.3 is 0 Å².